The lowest BCUT2D eigenvalue weighted by molar-refractivity contribution is 0.131. The molecule has 100 valence electrons. The van der Waals surface area contributed by atoms with Gasteiger partial charge in [0.05, 0.1) is 6.61 Å². The van der Waals surface area contributed by atoms with E-state index in [0.29, 0.717) is 0 Å². The summed E-state index contributed by atoms with van der Waals surface area (Å²) in [5, 5.41) is 3.61. The van der Waals surface area contributed by atoms with Gasteiger partial charge in [-0.05, 0) is 38.1 Å². The molecule has 1 saturated carbocycles. The van der Waals surface area contributed by atoms with Crippen molar-refractivity contribution in [1.29, 1.82) is 0 Å². The van der Waals surface area contributed by atoms with E-state index in [0.717, 1.165) is 25.1 Å². The van der Waals surface area contributed by atoms with E-state index < -0.39 is 0 Å². The van der Waals surface area contributed by atoms with Crippen LogP contribution >= 0.6 is 0 Å². The molecule has 1 saturated heterocycles. The number of rotatable bonds is 7. The third-order valence-corrected chi connectivity index (χ3v) is 4.24. The Labute approximate surface area is 106 Å². The van der Waals surface area contributed by atoms with Crippen LogP contribution in [0.15, 0.2) is 0 Å². The predicted molar refractivity (Wildman–Crippen MR) is 71.3 cm³/mol. The molecule has 1 aliphatic carbocycles. The van der Waals surface area contributed by atoms with Crippen molar-refractivity contribution in [2.75, 3.05) is 39.9 Å². The number of ether oxygens (including phenoxy) is 1. The number of hydrogen-bond donors (Lipinski definition) is 1. The molecule has 2 rings (SSSR count). The maximum Gasteiger partial charge on any atom is 0.0589 e. The molecule has 1 atom stereocenters. The van der Waals surface area contributed by atoms with Crippen LogP contribution in [0.5, 0.6) is 0 Å². The highest BCUT2D eigenvalue weighted by molar-refractivity contribution is 4.80. The molecule has 0 spiro atoms. The van der Waals surface area contributed by atoms with Gasteiger partial charge in [-0.15, -0.1) is 0 Å². The summed E-state index contributed by atoms with van der Waals surface area (Å²) in [5.41, 5.74) is 0. The molecule has 0 radical (unpaired) electrons. The molecule has 0 amide bonds. The average Bonchev–Trinajstić information content (AvgIpc) is 2.99. The Kier molecular flexibility index (Phi) is 5.75. The van der Waals surface area contributed by atoms with Crippen molar-refractivity contribution in [2.24, 2.45) is 5.92 Å². The zero-order valence-electron chi connectivity index (χ0n) is 11.3. The molecular weight excluding hydrogens is 212 g/mol. The van der Waals surface area contributed by atoms with Gasteiger partial charge in [0.15, 0.2) is 0 Å². The first kappa shape index (κ1) is 13.3. The quantitative estimate of drug-likeness (QED) is 0.735. The molecule has 0 bridgehead atoms. The highest BCUT2D eigenvalue weighted by Gasteiger charge is 2.22. The topological polar surface area (TPSA) is 24.5 Å². The maximum absolute atomic E-state index is 5.24. The van der Waals surface area contributed by atoms with Crippen LogP contribution in [-0.2, 0) is 4.74 Å². The van der Waals surface area contributed by atoms with Crippen molar-refractivity contribution in [2.45, 2.75) is 44.6 Å². The number of methoxy groups -OCH3 is 1. The molecule has 3 heteroatoms. The van der Waals surface area contributed by atoms with Gasteiger partial charge >= 0.3 is 0 Å². The van der Waals surface area contributed by atoms with E-state index in [2.05, 4.69) is 10.2 Å². The Morgan fingerprint density at radius 2 is 1.94 bits per heavy atom. The van der Waals surface area contributed by atoms with Crippen molar-refractivity contribution in [1.82, 2.24) is 10.2 Å². The highest BCUT2D eigenvalue weighted by atomic mass is 16.5. The Hall–Kier alpha value is -0.120. The molecule has 2 aliphatic rings. The van der Waals surface area contributed by atoms with E-state index in [-0.39, 0.29) is 0 Å². The summed E-state index contributed by atoms with van der Waals surface area (Å²) in [6.45, 7) is 5.71. The number of nitrogens with one attached hydrogen (secondary N) is 1. The maximum atomic E-state index is 5.24. The molecule has 1 N–H and O–H groups in total. The SMILES string of the molecule is COCCN(CC1CCCC1)CC1CCCN1. The summed E-state index contributed by atoms with van der Waals surface area (Å²) in [7, 11) is 1.81. The van der Waals surface area contributed by atoms with Gasteiger partial charge in [-0.2, -0.15) is 0 Å². The minimum Gasteiger partial charge on any atom is -0.383 e. The molecular formula is C14H28N2O. The smallest absolute Gasteiger partial charge is 0.0589 e. The lowest BCUT2D eigenvalue weighted by Crippen LogP contribution is -2.41. The zero-order valence-corrected chi connectivity index (χ0v) is 11.3. The average molecular weight is 240 g/mol. The Morgan fingerprint density at radius 3 is 2.59 bits per heavy atom. The molecule has 1 unspecified atom stereocenters. The summed E-state index contributed by atoms with van der Waals surface area (Å²) < 4.78 is 5.24. The van der Waals surface area contributed by atoms with Crippen LogP contribution in [0.1, 0.15) is 38.5 Å². The van der Waals surface area contributed by atoms with Gasteiger partial charge in [0.1, 0.15) is 0 Å². The second-order valence-electron chi connectivity index (χ2n) is 5.70. The Balaban J connectivity index is 1.74. The fourth-order valence-corrected chi connectivity index (χ4v) is 3.26. The van der Waals surface area contributed by atoms with Crippen molar-refractivity contribution in [3.05, 3.63) is 0 Å². The van der Waals surface area contributed by atoms with Crippen LogP contribution < -0.4 is 5.32 Å². The van der Waals surface area contributed by atoms with Gasteiger partial charge in [0.25, 0.3) is 0 Å². The zero-order chi connectivity index (χ0) is 11.9. The van der Waals surface area contributed by atoms with Gasteiger partial charge < -0.3 is 10.1 Å². The molecule has 0 aromatic heterocycles. The van der Waals surface area contributed by atoms with Crippen LogP contribution in [-0.4, -0.2) is 50.8 Å². The van der Waals surface area contributed by atoms with Gasteiger partial charge in [-0.25, -0.2) is 0 Å². The van der Waals surface area contributed by atoms with Crippen molar-refractivity contribution in [3.63, 3.8) is 0 Å². The lowest BCUT2D eigenvalue weighted by Gasteiger charge is -2.28. The highest BCUT2D eigenvalue weighted by Crippen LogP contribution is 2.25. The molecule has 1 heterocycles. The largest absolute Gasteiger partial charge is 0.383 e. The fraction of sp³-hybridized carbons (Fsp3) is 1.00. The van der Waals surface area contributed by atoms with Crippen molar-refractivity contribution < 1.29 is 4.74 Å². The second kappa shape index (κ2) is 7.34. The molecule has 3 nitrogen and oxygen atoms in total. The molecule has 0 aromatic carbocycles. The van der Waals surface area contributed by atoms with Crippen LogP contribution in [0.2, 0.25) is 0 Å². The van der Waals surface area contributed by atoms with Crippen LogP contribution in [0.4, 0.5) is 0 Å². The van der Waals surface area contributed by atoms with Crippen LogP contribution in [0, 0.1) is 5.92 Å². The summed E-state index contributed by atoms with van der Waals surface area (Å²) in [5.74, 6) is 0.952. The molecule has 2 fully saturated rings. The van der Waals surface area contributed by atoms with E-state index >= 15 is 0 Å². The normalized spacial score (nSPS) is 26.1. The lowest BCUT2D eigenvalue weighted by atomic mass is 10.1. The first-order chi connectivity index (χ1) is 8.38. The van der Waals surface area contributed by atoms with Gasteiger partial charge in [0.2, 0.25) is 0 Å². The van der Waals surface area contributed by atoms with Crippen molar-refractivity contribution >= 4 is 0 Å². The molecule has 17 heavy (non-hydrogen) atoms. The van der Waals surface area contributed by atoms with Gasteiger partial charge in [-0.1, -0.05) is 12.8 Å². The predicted octanol–water partition coefficient (Wildman–Crippen LogP) is 1.88. The Bertz CT molecular complexity index is 180. The standard InChI is InChI=1S/C14H28N2O/c1-17-10-9-16(11-13-5-2-3-6-13)12-14-7-4-8-15-14/h13-15H,2-12H2,1H3. The second-order valence-corrected chi connectivity index (χ2v) is 5.70. The van der Waals surface area contributed by atoms with Crippen molar-refractivity contribution in [3.8, 4) is 0 Å². The summed E-state index contributed by atoms with van der Waals surface area (Å²) >= 11 is 0. The van der Waals surface area contributed by atoms with E-state index in [1.165, 1.54) is 58.2 Å². The van der Waals surface area contributed by atoms with Gasteiger partial charge in [0, 0.05) is 32.8 Å². The molecule has 1 aliphatic heterocycles. The third kappa shape index (κ3) is 4.57. The monoisotopic (exact) mass is 240 g/mol. The van der Waals surface area contributed by atoms with Gasteiger partial charge in [-0.3, -0.25) is 4.90 Å². The first-order valence-corrected chi connectivity index (χ1v) is 7.33. The van der Waals surface area contributed by atoms with E-state index in [1.54, 1.807) is 0 Å². The summed E-state index contributed by atoms with van der Waals surface area (Å²) in [6, 6.07) is 0.730. The molecule has 0 aromatic rings. The minimum atomic E-state index is 0.730. The van der Waals surface area contributed by atoms with E-state index in [1.807, 2.05) is 7.11 Å². The fourth-order valence-electron chi connectivity index (χ4n) is 3.26. The van der Waals surface area contributed by atoms with E-state index in [4.69, 9.17) is 4.74 Å². The number of nitrogens with zero attached hydrogens (tertiary/aromatic N) is 1. The summed E-state index contributed by atoms with van der Waals surface area (Å²) in [4.78, 5) is 2.63. The van der Waals surface area contributed by atoms with E-state index in [9.17, 15) is 0 Å². The Morgan fingerprint density at radius 1 is 1.12 bits per heavy atom. The number of hydrogen-bond acceptors (Lipinski definition) is 3. The van der Waals surface area contributed by atoms with Crippen LogP contribution in [0.25, 0.3) is 0 Å². The third-order valence-electron chi connectivity index (χ3n) is 4.24. The van der Waals surface area contributed by atoms with Crippen LogP contribution in [0.3, 0.4) is 0 Å². The summed E-state index contributed by atoms with van der Waals surface area (Å²) in [6.07, 6.45) is 8.50. The minimum absolute atomic E-state index is 0.730. The first-order valence-electron chi connectivity index (χ1n) is 7.33.